The molecule has 0 radical (unpaired) electrons. The molecule has 0 aliphatic rings. The quantitative estimate of drug-likeness (QED) is 0.584. The standard InChI is InChI=1S/C12H17NO3/c1-9(15)16-11-6-4-10(5-7-11)12(13)3-2-8-14/h4-7,12,14H,2-3,8,13H2,1H3/t12-/m0/s1. The summed E-state index contributed by atoms with van der Waals surface area (Å²) in [6.07, 6.45) is 1.43. The number of aliphatic hydroxyl groups excluding tert-OH is 1. The summed E-state index contributed by atoms with van der Waals surface area (Å²) in [5.74, 6) is 0.183. The van der Waals surface area contributed by atoms with Gasteiger partial charge in [-0.05, 0) is 30.5 Å². The SMILES string of the molecule is CC(=O)Oc1ccc([C@@H](N)CCCO)cc1. The smallest absolute Gasteiger partial charge is 0.308 e. The third-order valence-electron chi connectivity index (χ3n) is 2.24. The summed E-state index contributed by atoms with van der Waals surface area (Å²) in [6.45, 7) is 1.51. The summed E-state index contributed by atoms with van der Waals surface area (Å²) in [5.41, 5.74) is 6.89. The van der Waals surface area contributed by atoms with Gasteiger partial charge in [-0.25, -0.2) is 0 Å². The van der Waals surface area contributed by atoms with Crippen LogP contribution in [0.2, 0.25) is 0 Å². The van der Waals surface area contributed by atoms with Gasteiger partial charge in [0.2, 0.25) is 0 Å². The van der Waals surface area contributed by atoms with E-state index in [-0.39, 0.29) is 18.6 Å². The molecule has 1 aromatic rings. The monoisotopic (exact) mass is 223 g/mol. The minimum atomic E-state index is -0.336. The Morgan fingerprint density at radius 2 is 2.06 bits per heavy atom. The van der Waals surface area contributed by atoms with Crippen LogP contribution in [0.25, 0.3) is 0 Å². The van der Waals surface area contributed by atoms with E-state index >= 15 is 0 Å². The molecule has 0 amide bonds. The van der Waals surface area contributed by atoms with Gasteiger partial charge in [0.15, 0.2) is 0 Å². The lowest BCUT2D eigenvalue weighted by Crippen LogP contribution is -2.10. The summed E-state index contributed by atoms with van der Waals surface area (Å²) in [4.78, 5) is 10.7. The Morgan fingerprint density at radius 3 is 2.56 bits per heavy atom. The lowest BCUT2D eigenvalue weighted by molar-refractivity contribution is -0.131. The fourth-order valence-corrected chi connectivity index (χ4v) is 1.43. The van der Waals surface area contributed by atoms with Crippen LogP contribution in [-0.4, -0.2) is 17.7 Å². The van der Waals surface area contributed by atoms with Crippen LogP contribution < -0.4 is 10.5 Å². The molecule has 0 spiro atoms. The first-order valence-corrected chi connectivity index (χ1v) is 5.28. The molecule has 1 rings (SSSR count). The molecular formula is C12H17NO3. The molecule has 3 N–H and O–H groups in total. The molecule has 1 aromatic carbocycles. The molecule has 0 aliphatic heterocycles. The molecule has 0 aliphatic carbocycles. The van der Waals surface area contributed by atoms with Crippen LogP contribution in [0.15, 0.2) is 24.3 Å². The number of rotatable bonds is 5. The van der Waals surface area contributed by atoms with Gasteiger partial charge in [0.1, 0.15) is 5.75 Å². The first-order chi connectivity index (χ1) is 7.63. The van der Waals surface area contributed by atoms with E-state index in [1.165, 1.54) is 6.92 Å². The van der Waals surface area contributed by atoms with Crippen molar-refractivity contribution in [2.45, 2.75) is 25.8 Å². The Kier molecular flexibility index (Phi) is 4.95. The molecule has 4 heteroatoms. The average Bonchev–Trinajstić information content (AvgIpc) is 2.26. The fraction of sp³-hybridized carbons (Fsp3) is 0.417. The Bertz CT molecular complexity index is 335. The zero-order valence-electron chi connectivity index (χ0n) is 9.35. The van der Waals surface area contributed by atoms with E-state index in [0.717, 1.165) is 12.0 Å². The van der Waals surface area contributed by atoms with Gasteiger partial charge in [-0.1, -0.05) is 12.1 Å². The van der Waals surface area contributed by atoms with Gasteiger partial charge in [0, 0.05) is 19.6 Å². The molecule has 0 saturated heterocycles. The van der Waals surface area contributed by atoms with E-state index in [2.05, 4.69) is 0 Å². The van der Waals surface area contributed by atoms with Gasteiger partial charge in [-0.2, -0.15) is 0 Å². The molecule has 88 valence electrons. The molecule has 0 heterocycles. The highest BCUT2D eigenvalue weighted by atomic mass is 16.5. The van der Waals surface area contributed by atoms with Crippen LogP contribution in [-0.2, 0) is 4.79 Å². The van der Waals surface area contributed by atoms with Crippen molar-refractivity contribution in [2.75, 3.05) is 6.61 Å². The minimum Gasteiger partial charge on any atom is -0.427 e. The number of carbonyl (C=O) groups excluding carboxylic acids is 1. The van der Waals surface area contributed by atoms with E-state index in [0.29, 0.717) is 12.2 Å². The first-order valence-electron chi connectivity index (χ1n) is 5.28. The highest BCUT2D eigenvalue weighted by Gasteiger charge is 2.06. The van der Waals surface area contributed by atoms with Crippen molar-refractivity contribution >= 4 is 5.97 Å². The van der Waals surface area contributed by atoms with Crippen molar-refractivity contribution in [3.8, 4) is 5.75 Å². The van der Waals surface area contributed by atoms with Crippen LogP contribution in [0, 0.1) is 0 Å². The van der Waals surface area contributed by atoms with Gasteiger partial charge in [-0.15, -0.1) is 0 Å². The third kappa shape index (κ3) is 4.00. The Morgan fingerprint density at radius 1 is 1.44 bits per heavy atom. The summed E-state index contributed by atoms with van der Waals surface area (Å²) >= 11 is 0. The zero-order valence-corrected chi connectivity index (χ0v) is 9.35. The maximum Gasteiger partial charge on any atom is 0.308 e. The highest BCUT2D eigenvalue weighted by molar-refractivity contribution is 5.69. The molecule has 0 aromatic heterocycles. The average molecular weight is 223 g/mol. The van der Waals surface area contributed by atoms with Gasteiger partial charge >= 0.3 is 5.97 Å². The number of esters is 1. The molecule has 0 unspecified atom stereocenters. The molecule has 16 heavy (non-hydrogen) atoms. The molecule has 0 bridgehead atoms. The lowest BCUT2D eigenvalue weighted by Gasteiger charge is -2.11. The third-order valence-corrected chi connectivity index (χ3v) is 2.24. The van der Waals surface area contributed by atoms with Gasteiger partial charge in [-0.3, -0.25) is 4.79 Å². The Labute approximate surface area is 95.0 Å². The largest absolute Gasteiger partial charge is 0.427 e. The maximum atomic E-state index is 10.7. The van der Waals surface area contributed by atoms with Crippen LogP contribution in [0.3, 0.4) is 0 Å². The highest BCUT2D eigenvalue weighted by Crippen LogP contribution is 2.19. The molecule has 0 fully saturated rings. The number of benzene rings is 1. The fourth-order valence-electron chi connectivity index (χ4n) is 1.43. The van der Waals surface area contributed by atoms with Crippen molar-refractivity contribution in [3.05, 3.63) is 29.8 Å². The van der Waals surface area contributed by atoms with E-state index in [1.807, 2.05) is 12.1 Å². The second-order valence-electron chi connectivity index (χ2n) is 3.64. The van der Waals surface area contributed by atoms with E-state index < -0.39 is 0 Å². The molecular weight excluding hydrogens is 206 g/mol. The van der Waals surface area contributed by atoms with Crippen molar-refractivity contribution in [3.63, 3.8) is 0 Å². The van der Waals surface area contributed by atoms with E-state index in [4.69, 9.17) is 15.6 Å². The summed E-state index contributed by atoms with van der Waals surface area (Å²) in [6, 6.07) is 7.02. The van der Waals surface area contributed by atoms with Crippen LogP contribution in [0.4, 0.5) is 0 Å². The number of carbonyl (C=O) groups is 1. The second kappa shape index (κ2) is 6.25. The molecule has 4 nitrogen and oxygen atoms in total. The predicted molar refractivity (Wildman–Crippen MR) is 61.0 cm³/mol. The summed E-state index contributed by atoms with van der Waals surface area (Å²) in [7, 11) is 0. The van der Waals surface area contributed by atoms with E-state index in [1.54, 1.807) is 12.1 Å². The summed E-state index contributed by atoms with van der Waals surface area (Å²) < 4.78 is 4.91. The van der Waals surface area contributed by atoms with Crippen LogP contribution in [0.5, 0.6) is 5.75 Å². The van der Waals surface area contributed by atoms with Gasteiger partial charge in [0.25, 0.3) is 0 Å². The van der Waals surface area contributed by atoms with Crippen molar-refractivity contribution in [1.82, 2.24) is 0 Å². The Balaban J connectivity index is 2.59. The first kappa shape index (κ1) is 12.7. The number of aliphatic hydroxyl groups is 1. The van der Waals surface area contributed by atoms with Crippen LogP contribution in [0.1, 0.15) is 31.4 Å². The van der Waals surface area contributed by atoms with Crippen molar-refractivity contribution in [2.24, 2.45) is 5.73 Å². The number of ether oxygens (including phenoxy) is 1. The van der Waals surface area contributed by atoms with E-state index in [9.17, 15) is 4.79 Å². The molecule has 0 saturated carbocycles. The normalized spacial score (nSPS) is 12.2. The zero-order chi connectivity index (χ0) is 12.0. The summed E-state index contributed by atoms with van der Waals surface area (Å²) in [5, 5.41) is 8.69. The number of nitrogens with two attached hydrogens (primary N) is 1. The maximum absolute atomic E-state index is 10.7. The lowest BCUT2D eigenvalue weighted by atomic mass is 10.0. The van der Waals surface area contributed by atoms with Gasteiger partial charge in [0.05, 0.1) is 0 Å². The minimum absolute atomic E-state index is 0.0847. The second-order valence-corrected chi connectivity index (χ2v) is 3.64. The Hall–Kier alpha value is -1.39. The number of hydrogen-bond donors (Lipinski definition) is 2. The van der Waals surface area contributed by atoms with Gasteiger partial charge < -0.3 is 15.6 Å². The topological polar surface area (TPSA) is 72.5 Å². The van der Waals surface area contributed by atoms with Crippen LogP contribution >= 0.6 is 0 Å². The van der Waals surface area contributed by atoms with Crippen molar-refractivity contribution < 1.29 is 14.6 Å². The number of hydrogen-bond acceptors (Lipinski definition) is 4. The van der Waals surface area contributed by atoms with Crippen molar-refractivity contribution in [1.29, 1.82) is 0 Å². The molecule has 1 atom stereocenters. The predicted octanol–water partition coefficient (Wildman–Crippen LogP) is 1.38.